The van der Waals surface area contributed by atoms with Crippen LogP contribution >= 0.6 is 0 Å². The first-order valence-corrected chi connectivity index (χ1v) is 9.27. The van der Waals surface area contributed by atoms with E-state index >= 15 is 0 Å². The highest BCUT2D eigenvalue weighted by Gasteiger charge is 2.58. The van der Waals surface area contributed by atoms with Crippen molar-refractivity contribution in [3.8, 4) is 0 Å². The Kier molecular flexibility index (Phi) is 3.39. The van der Waals surface area contributed by atoms with Gasteiger partial charge in [0.05, 0.1) is 0 Å². The van der Waals surface area contributed by atoms with E-state index in [2.05, 4.69) is 23.9 Å². The van der Waals surface area contributed by atoms with Gasteiger partial charge in [-0.25, -0.2) is 0 Å². The van der Waals surface area contributed by atoms with Gasteiger partial charge in [-0.05, 0) is 85.1 Å². The summed E-state index contributed by atoms with van der Waals surface area (Å²) in [5.41, 5.74) is 10.8. The predicted molar refractivity (Wildman–Crippen MR) is 89.6 cm³/mol. The van der Waals surface area contributed by atoms with Crippen molar-refractivity contribution < 1.29 is 4.79 Å². The molecule has 0 spiro atoms. The summed E-state index contributed by atoms with van der Waals surface area (Å²) in [5, 5.41) is 4.15. The van der Waals surface area contributed by atoms with Gasteiger partial charge < -0.3 is 0 Å². The Balaban J connectivity index is 1.67. The topological polar surface area (TPSA) is 65.8 Å². The van der Waals surface area contributed by atoms with Crippen molar-refractivity contribution in [1.29, 1.82) is 0 Å². The van der Waals surface area contributed by atoms with Crippen LogP contribution in [0, 0.1) is 28.6 Å². The van der Waals surface area contributed by atoms with E-state index in [-0.39, 0.29) is 16.9 Å². The van der Waals surface area contributed by atoms with Crippen molar-refractivity contribution in [2.75, 3.05) is 0 Å². The number of carbonyl (C=O) groups excluding carboxylic acids is 1. The van der Waals surface area contributed by atoms with Crippen LogP contribution in [-0.4, -0.2) is 11.8 Å². The lowest BCUT2D eigenvalue weighted by Gasteiger charge is -2.57. The fourth-order valence-corrected chi connectivity index (χ4v) is 6.78. The van der Waals surface area contributed by atoms with Crippen LogP contribution in [0.1, 0.15) is 65.2 Å². The van der Waals surface area contributed by atoms with E-state index in [1.54, 1.807) is 0 Å². The first-order chi connectivity index (χ1) is 11.0. The highest BCUT2D eigenvalue weighted by Crippen LogP contribution is 2.65. The van der Waals surface area contributed by atoms with E-state index in [4.69, 9.17) is 5.53 Å². The van der Waals surface area contributed by atoms with Crippen molar-refractivity contribution in [3.63, 3.8) is 0 Å². The lowest BCUT2D eigenvalue weighted by atomic mass is 9.47. The third-order valence-electron chi connectivity index (χ3n) is 8.10. The third kappa shape index (κ3) is 2.04. The summed E-state index contributed by atoms with van der Waals surface area (Å²) in [4.78, 5) is 15.0. The Morgan fingerprint density at radius 2 is 1.96 bits per heavy atom. The Morgan fingerprint density at radius 1 is 1.13 bits per heavy atom. The van der Waals surface area contributed by atoms with Crippen molar-refractivity contribution in [2.24, 2.45) is 33.7 Å². The van der Waals surface area contributed by atoms with Gasteiger partial charge in [-0.2, -0.15) is 0 Å². The maximum absolute atomic E-state index is 11.8. The van der Waals surface area contributed by atoms with Gasteiger partial charge in [0.15, 0.2) is 5.78 Å². The molecule has 0 N–H and O–H groups in total. The Hall–Kier alpha value is -1.28. The normalized spacial score (nSPS) is 48.6. The molecule has 0 aliphatic heterocycles. The number of fused-ring (bicyclic) bond motifs is 5. The summed E-state index contributed by atoms with van der Waals surface area (Å²) in [7, 11) is 0. The molecule has 0 aromatic rings. The zero-order valence-corrected chi connectivity index (χ0v) is 14.3. The molecule has 23 heavy (non-hydrogen) atoms. The lowest BCUT2D eigenvalue weighted by Crippen LogP contribution is -2.51. The molecule has 124 valence electrons. The summed E-state index contributed by atoms with van der Waals surface area (Å²) < 4.78 is 0. The first-order valence-electron chi connectivity index (χ1n) is 9.27. The molecule has 0 saturated heterocycles. The summed E-state index contributed by atoms with van der Waals surface area (Å²) in [5.74, 6) is 2.51. The van der Waals surface area contributed by atoms with Crippen LogP contribution in [0.3, 0.4) is 0 Å². The zero-order valence-electron chi connectivity index (χ0n) is 14.3. The number of azide groups is 1. The number of hydrogen-bond donors (Lipinski definition) is 0. The maximum atomic E-state index is 11.8. The van der Waals surface area contributed by atoms with E-state index in [0.29, 0.717) is 11.7 Å². The first kappa shape index (κ1) is 15.3. The summed E-state index contributed by atoms with van der Waals surface area (Å²) in [6.07, 6.45) is 10.8. The maximum Gasteiger partial charge on any atom is 0.155 e. The molecule has 3 unspecified atom stereocenters. The molecule has 0 heterocycles. The second-order valence-corrected chi connectivity index (χ2v) is 8.81. The minimum atomic E-state index is 0.191. The van der Waals surface area contributed by atoms with Crippen molar-refractivity contribution >= 4 is 5.78 Å². The fourth-order valence-electron chi connectivity index (χ4n) is 6.78. The van der Waals surface area contributed by atoms with Crippen LogP contribution in [0.5, 0.6) is 0 Å². The van der Waals surface area contributed by atoms with Gasteiger partial charge in [0.25, 0.3) is 0 Å². The number of carbonyl (C=O) groups is 1. The summed E-state index contributed by atoms with van der Waals surface area (Å²) >= 11 is 0. The highest BCUT2D eigenvalue weighted by atomic mass is 16.1. The van der Waals surface area contributed by atoms with Crippen LogP contribution in [0.2, 0.25) is 0 Å². The van der Waals surface area contributed by atoms with Crippen LogP contribution < -0.4 is 0 Å². The molecule has 4 heteroatoms. The van der Waals surface area contributed by atoms with E-state index in [1.165, 1.54) is 31.3 Å². The second-order valence-electron chi connectivity index (χ2n) is 8.81. The second kappa shape index (κ2) is 5.11. The molecule has 4 aliphatic rings. The molecule has 0 bridgehead atoms. The van der Waals surface area contributed by atoms with Gasteiger partial charge >= 0.3 is 0 Å². The smallest absolute Gasteiger partial charge is 0.155 e. The molecule has 6 atom stereocenters. The van der Waals surface area contributed by atoms with Gasteiger partial charge in [0.1, 0.15) is 0 Å². The van der Waals surface area contributed by atoms with Gasteiger partial charge in [0, 0.05) is 17.4 Å². The van der Waals surface area contributed by atoms with Crippen molar-refractivity contribution in [2.45, 2.75) is 71.3 Å². The molecule has 0 radical (unpaired) electrons. The Labute approximate surface area is 138 Å². The Bertz CT molecular complexity index is 620. The quantitative estimate of drug-likeness (QED) is 0.373. The number of allylic oxidation sites excluding steroid dienone is 1. The van der Waals surface area contributed by atoms with Gasteiger partial charge in [0.2, 0.25) is 0 Å². The van der Waals surface area contributed by atoms with Crippen LogP contribution in [-0.2, 0) is 4.79 Å². The molecule has 3 fully saturated rings. The molecule has 4 aliphatic carbocycles. The predicted octanol–water partition coefficient (Wildman–Crippen LogP) is 5.20. The minimum Gasteiger partial charge on any atom is -0.295 e. The molecule has 0 aromatic heterocycles. The summed E-state index contributed by atoms with van der Waals surface area (Å²) in [6, 6.07) is 0.191. The molecule has 0 aromatic carbocycles. The number of nitrogens with zero attached hydrogens (tertiary/aromatic N) is 3. The van der Waals surface area contributed by atoms with E-state index in [9.17, 15) is 4.79 Å². The molecular weight excluding hydrogens is 286 g/mol. The van der Waals surface area contributed by atoms with Gasteiger partial charge in [-0.1, -0.05) is 24.5 Å². The van der Waals surface area contributed by atoms with Crippen molar-refractivity contribution in [1.82, 2.24) is 0 Å². The number of ketones is 1. The standard InChI is InChI=1S/C19H27N3O/c1-18-9-7-13(23)11-12(18)3-4-14-15-5-6-17(21-22-20)19(15,2)10-8-16(14)18/h11,14-17H,3-10H2,1-2H3/t14?,15?,16?,17-,18+,19+/m1/s1. The van der Waals surface area contributed by atoms with Gasteiger partial charge in [-0.15, -0.1) is 0 Å². The average molecular weight is 313 g/mol. The highest BCUT2D eigenvalue weighted by molar-refractivity contribution is 5.91. The monoisotopic (exact) mass is 313 g/mol. The third-order valence-corrected chi connectivity index (χ3v) is 8.10. The van der Waals surface area contributed by atoms with Crippen LogP contribution in [0.4, 0.5) is 0 Å². The van der Waals surface area contributed by atoms with Crippen molar-refractivity contribution in [3.05, 3.63) is 22.1 Å². The zero-order chi connectivity index (χ0) is 16.2. The largest absolute Gasteiger partial charge is 0.295 e. The number of hydrogen-bond acceptors (Lipinski definition) is 2. The van der Waals surface area contributed by atoms with E-state index in [1.807, 2.05) is 6.08 Å². The molecule has 4 nitrogen and oxygen atoms in total. The summed E-state index contributed by atoms with van der Waals surface area (Å²) in [6.45, 7) is 4.79. The van der Waals surface area contributed by atoms with E-state index < -0.39 is 0 Å². The molecule has 4 rings (SSSR count). The molecule has 0 amide bonds. The van der Waals surface area contributed by atoms with Gasteiger partial charge in [-0.3, -0.25) is 4.79 Å². The van der Waals surface area contributed by atoms with Crippen LogP contribution in [0.15, 0.2) is 16.8 Å². The lowest BCUT2D eigenvalue weighted by molar-refractivity contribution is -0.117. The Morgan fingerprint density at radius 3 is 2.74 bits per heavy atom. The fraction of sp³-hybridized carbons (Fsp3) is 0.842. The molecule has 3 saturated carbocycles. The number of rotatable bonds is 1. The SMILES string of the molecule is C[C@]12CCC(=O)C=C1CCC1C2CC[C@@]2(C)C1CC[C@H]2N=[N+]=[N-]. The minimum absolute atomic E-state index is 0.191. The molecular formula is C19H27N3O. The average Bonchev–Trinajstić information content (AvgIpc) is 2.85. The van der Waals surface area contributed by atoms with Crippen LogP contribution in [0.25, 0.3) is 10.4 Å². The van der Waals surface area contributed by atoms with E-state index in [0.717, 1.165) is 37.5 Å².